The molecule has 0 saturated carbocycles. The minimum Gasteiger partial charge on any atom is -0.657 e. The number of nitrogens with zero attached hydrogens (tertiary/aromatic N) is 7. The quantitative estimate of drug-likeness (QED) is 0.177. The molecule has 0 fully saturated rings. The molecule has 0 aliphatic carbocycles. The zero-order valence-corrected chi connectivity index (χ0v) is 27.0. The first kappa shape index (κ1) is 24.4. The van der Waals surface area contributed by atoms with Gasteiger partial charge in [-0.2, -0.15) is 23.9 Å². The van der Waals surface area contributed by atoms with Gasteiger partial charge in [0.2, 0.25) is 0 Å². The molecular formula is C37H31N7Pt. The van der Waals surface area contributed by atoms with Gasteiger partial charge in [0, 0.05) is 8.22 Å². The molecule has 0 N–H and O–H groups in total. The number of aromatic nitrogens is 1. The fourth-order valence-corrected chi connectivity index (χ4v) is 5.56. The maximum absolute atomic E-state index is 8.88. The molecule has 0 radical (unpaired) electrons. The molecule has 0 spiro atoms. The molecule has 7 rings (SSSR count). The molecule has 8 heteroatoms. The van der Waals surface area contributed by atoms with Gasteiger partial charge < -0.3 is 24.6 Å². The minimum absolute atomic E-state index is 0. The van der Waals surface area contributed by atoms with Crippen molar-refractivity contribution in [3.63, 3.8) is 0 Å². The Balaban J connectivity index is 0.000000235. The van der Waals surface area contributed by atoms with Gasteiger partial charge in [-0.15, -0.1) is 46.2 Å². The Morgan fingerprint density at radius 1 is 0.711 bits per heavy atom. The van der Waals surface area contributed by atoms with Gasteiger partial charge in [-0.1, -0.05) is 29.8 Å². The molecule has 2 aliphatic heterocycles. The maximum Gasteiger partial charge on any atom is 4.00 e. The third-order valence-corrected chi connectivity index (χ3v) is 7.42. The Morgan fingerprint density at radius 3 is 1.62 bits per heavy atom. The molecule has 4 aromatic carbocycles. The van der Waals surface area contributed by atoms with Gasteiger partial charge in [-0.05, 0) is 111 Å². The summed E-state index contributed by atoms with van der Waals surface area (Å²) in [5.74, 6) is 0. The van der Waals surface area contributed by atoms with Crippen LogP contribution in [0.1, 0.15) is 36.0 Å². The summed E-state index contributed by atoms with van der Waals surface area (Å²) >= 11 is 0. The van der Waals surface area contributed by atoms with E-state index < -0.39 is 14.0 Å². The number of anilines is 2. The Kier molecular flexibility index (Phi) is 7.01. The molecule has 0 bridgehead atoms. The van der Waals surface area contributed by atoms with Crippen molar-refractivity contribution in [2.45, 2.75) is 20.8 Å². The van der Waals surface area contributed by atoms with E-state index in [-0.39, 0.29) is 21.1 Å². The zero-order valence-electron chi connectivity index (χ0n) is 30.7. The molecule has 45 heavy (non-hydrogen) atoms. The van der Waals surface area contributed by atoms with Crippen LogP contribution in [0.2, 0.25) is 0 Å². The molecule has 2 aliphatic rings. The maximum atomic E-state index is 8.88. The number of aryl methyl sites for hydroxylation is 3. The summed E-state index contributed by atoms with van der Waals surface area (Å²) in [6.07, 6.45) is 6.32. The summed E-state index contributed by atoms with van der Waals surface area (Å²) in [5, 5.41) is 19.6. The summed E-state index contributed by atoms with van der Waals surface area (Å²) in [5.41, 5.74) is 9.60. The standard InChI is InChI=1S/C23H25N4.C14H6N3.Pt/c1-17-10-18(2)23(19(3)11-17)20-12-21(26-8-6-24(4)15-26)14-22(13-20)27-9-7-25(5)16-27;15-7-9-1-3-13-11(5-9)12-6-10(8-16)2-4-14(12)17-13;/h6-13,15-16H,1-5H3;1-6H;/q-3;-1;+4/i4D3,5D3;;. The zero-order chi connectivity index (χ0) is 36.0. The summed E-state index contributed by atoms with van der Waals surface area (Å²) in [7, 11) is 0. The van der Waals surface area contributed by atoms with Crippen molar-refractivity contribution in [2.24, 2.45) is 0 Å². The summed E-state index contributed by atoms with van der Waals surface area (Å²) in [4.78, 5) is 10.2. The van der Waals surface area contributed by atoms with E-state index in [0.29, 0.717) is 22.5 Å². The molecule has 3 heterocycles. The third-order valence-electron chi connectivity index (χ3n) is 7.42. The first-order chi connectivity index (χ1) is 23.6. The normalized spacial score (nSPS) is 16.1. The van der Waals surface area contributed by atoms with Crippen LogP contribution >= 0.6 is 0 Å². The van der Waals surface area contributed by atoms with Crippen LogP contribution in [0.5, 0.6) is 0 Å². The monoisotopic (exact) mass is 774 g/mol. The third kappa shape index (κ3) is 6.46. The van der Waals surface area contributed by atoms with E-state index >= 15 is 0 Å². The van der Waals surface area contributed by atoms with Crippen molar-refractivity contribution in [1.82, 2.24) is 14.8 Å². The van der Waals surface area contributed by atoms with Crippen LogP contribution in [-0.2, 0) is 21.1 Å². The van der Waals surface area contributed by atoms with E-state index in [1.807, 2.05) is 36.4 Å². The molecule has 1 aromatic heterocycles. The van der Waals surface area contributed by atoms with Crippen molar-refractivity contribution < 1.29 is 29.3 Å². The number of fused-ring (bicyclic) bond motifs is 3. The molecule has 5 aromatic rings. The van der Waals surface area contributed by atoms with E-state index in [4.69, 9.17) is 18.7 Å². The summed E-state index contributed by atoms with van der Waals surface area (Å²) in [6.45, 7) is 4.59. The van der Waals surface area contributed by atoms with Crippen molar-refractivity contribution in [1.29, 1.82) is 10.5 Å². The average molecular weight is 775 g/mol. The van der Waals surface area contributed by atoms with Gasteiger partial charge in [-0.3, -0.25) is 0 Å². The van der Waals surface area contributed by atoms with Gasteiger partial charge >= 0.3 is 21.1 Å². The summed E-state index contributed by atoms with van der Waals surface area (Å²) in [6, 6.07) is 26.5. The smallest absolute Gasteiger partial charge is 0.657 e. The van der Waals surface area contributed by atoms with E-state index in [9.17, 15) is 0 Å². The van der Waals surface area contributed by atoms with E-state index in [1.165, 1.54) is 31.3 Å². The van der Waals surface area contributed by atoms with Crippen molar-refractivity contribution in [3.8, 4) is 23.3 Å². The minimum atomic E-state index is -2.29. The van der Waals surface area contributed by atoms with Crippen LogP contribution in [-0.4, -0.2) is 23.8 Å². The molecule has 0 unspecified atom stereocenters. The number of hydrogen-bond donors (Lipinski definition) is 0. The molecule has 7 nitrogen and oxygen atoms in total. The second-order valence-corrected chi connectivity index (χ2v) is 10.7. The summed E-state index contributed by atoms with van der Waals surface area (Å²) < 4.78 is 45.9. The fourth-order valence-electron chi connectivity index (χ4n) is 5.56. The predicted molar refractivity (Wildman–Crippen MR) is 176 cm³/mol. The number of benzene rings is 4. The molecule has 0 saturated heterocycles. The Labute approximate surface area is 287 Å². The van der Waals surface area contributed by atoms with Crippen LogP contribution in [0.3, 0.4) is 0 Å². The molecule has 224 valence electrons. The average Bonchev–Trinajstić information content (AvgIpc) is 3.83. The van der Waals surface area contributed by atoms with E-state index in [1.54, 1.807) is 34.3 Å². The van der Waals surface area contributed by atoms with E-state index in [2.05, 4.69) is 56.1 Å². The topological polar surface area (TPSA) is 74.6 Å². The number of nitriles is 2. The van der Waals surface area contributed by atoms with Crippen LogP contribution in [0.15, 0.2) is 85.5 Å². The Bertz CT molecular complexity index is 2110. The van der Waals surface area contributed by atoms with Gasteiger partial charge in [0.25, 0.3) is 0 Å². The van der Waals surface area contributed by atoms with Crippen LogP contribution < -0.4 is 14.8 Å². The number of hydrogen-bond acceptors (Lipinski definition) is 6. The first-order valence-corrected chi connectivity index (χ1v) is 13.8. The van der Waals surface area contributed by atoms with Crippen molar-refractivity contribution in [2.75, 3.05) is 23.8 Å². The van der Waals surface area contributed by atoms with Crippen LogP contribution in [0.4, 0.5) is 11.4 Å². The molecule has 0 atom stereocenters. The van der Waals surface area contributed by atoms with Crippen molar-refractivity contribution in [3.05, 3.63) is 133 Å². The Hall–Kier alpha value is -4.97. The van der Waals surface area contributed by atoms with Gasteiger partial charge in [-0.25, -0.2) is 0 Å². The molecule has 0 amide bonds. The van der Waals surface area contributed by atoms with Crippen LogP contribution in [0, 0.1) is 62.8 Å². The van der Waals surface area contributed by atoms with Crippen LogP contribution in [0.25, 0.3) is 32.9 Å². The Morgan fingerprint density at radius 2 is 1.20 bits per heavy atom. The first-order valence-electron chi connectivity index (χ1n) is 16.8. The largest absolute Gasteiger partial charge is 4.00 e. The van der Waals surface area contributed by atoms with Crippen molar-refractivity contribution >= 4 is 33.2 Å². The van der Waals surface area contributed by atoms with E-state index in [0.717, 1.165) is 53.9 Å². The number of rotatable bonds is 3. The second-order valence-electron chi connectivity index (χ2n) is 10.7. The second kappa shape index (κ2) is 12.9. The van der Waals surface area contributed by atoms with Gasteiger partial charge in [0.15, 0.2) is 0 Å². The van der Waals surface area contributed by atoms with Gasteiger partial charge in [0.1, 0.15) is 0 Å². The molecular weight excluding hydrogens is 738 g/mol. The predicted octanol–water partition coefficient (Wildman–Crippen LogP) is 7.45. The van der Waals surface area contributed by atoms with Gasteiger partial charge in [0.05, 0.1) is 23.3 Å². The fraction of sp³-hybridized carbons (Fsp3) is 0.135. The SMILES string of the molecule is N#Cc1ccc2[n-]c3ccc(C#N)cc3c2c1.[2H]C([2H])([2H])N1C=CN(c2[c-]c(N3C=CN(C([2H])([2H])[2H])[CH-]3)cc(-c3c(C)cc(C)cc3C)c2)[CH-]1.[Pt+4].